The van der Waals surface area contributed by atoms with E-state index in [1.54, 1.807) is 31.3 Å². The van der Waals surface area contributed by atoms with Gasteiger partial charge in [0.25, 0.3) is 0 Å². The summed E-state index contributed by atoms with van der Waals surface area (Å²) in [5.41, 5.74) is 0.764. The van der Waals surface area contributed by atoms with Gasteiger partial charge < -0.3 is 4.90 Å². The molecule has 1 aromatic heterocycles. The van der Waals surface area contributed by atoms with Crippen molar-refractivity contribution >= 4 is 27.4 Å². The van der Waals surface area contributed by atoms with Crippen molar-refractivity contribution in [2.24, 2.45) is 0 Å². The van der Waals surface area contributed by atoms with Gasteiger partial charge in [-0.25, -0.2) is 13.4 Å². The van der Waals surface area contributed by atoms with Crippen LogP contribution in [0, 0.1) is 6.92 Å². The quantitative estimate of drug-likeness (QED) is 0.852. The normalized spacial score (nSPS) is 16.5. The van der Waals surface area contributed by atoms with Gasteiger partial charge in [-0.15, -0.1) is 0 Å². The van der Waals surface area contributed by atoms with E-state index >= 15 is 0 Å². The minimum Gasteiger partial charge on any atom is -0.354 e. The molecule has 0 radical (unpaired) electrons. The summed E-state index contributed by atoms with van der Waals surface area (Å²) < 4.78 is 27.0. The summed E-state index contributed by atoms with van der Waals surface area (Å²) in [6.07, 6.45) is 1.74. The Morgan fingerprint density at radius 1 is 1.09 bits per heavy atom. The molecule has 0 aliphatic carbocycles. The maximum absolute atomic E-state index is 12.7. The van der Waals surface area contributed by atoms with E-state index in [2.05, 4.69) is 9.88 Å². The van der Waals surface area contributed by atoms with Crippen molar-refractivity contribution in [3.05, 3.63) is 53.2 Å². The van der Waals surface area contributed by atoms with Crippen LogP contribution in [-0.2, 0) is 10.0 Å². The highest BCUT2D eigenvalue weighted by atomic mass is 35.5. The third-order valence-electron chi connectivity index (χ3n) is 3.98. The van der Waals surface area contributed by atoms with Gasteiger partial charge in [-0.2, -0.15) is 4.31 Å². The van der Waals surface area contributed by atoms with Crippen LogP contribution in [-0.4, -0.2) is 43.9 Å². The van der Waals surface area contributed by atoms with Gasteiger partial charge in [0.1, 0.15) is 5.82 Å². The Hall–Kier alpha value is -1.63. The highest BCUT2D eigenvalue weighted by molar-refractivity contribution is 7.89. The highest BCUT2D eigenvalue weighted by Crippen LogP contribution is 2.23. The maximum atomic E-state index is 12.7. The number of hydrogen-bond acceptors (Lipinski definition) is 4. The zero-order valence-corrected chi connectivity index (χ0v) is 14.4. The van der Waals surface area contributed by atoms with Crippen LogP contribution in [0.4, 0.5) is 5.82 Å². The van der Waals surface area contributed by atoms with Gasteiger partial charge in [-0.3, -0.25) is 0 Å². The van der Waals surface area contributed by atoms with Crippen molar-refractivity contribution in [1.82, 2.24) is 9.29 Å². The molecule has 2 heterocycles. The van der Waals surface area contributed by atoms with Gasteiger partial charge in [-0.1, -0.05) is 17.7 Å². The molecule has 7 heteroatoms. The van der Waals surface area contributed by atoms with Crippen LogP contribution in [0.25, 0.3) is 0 Å². The van der Waals surface area contributed by atoms with Gasteiger partial charge in [0.15, 0.2) is 0 Å². The fraction of sp³-hybridized carbons (Fsp3) is 0.312. The summed E-state index contributed by atoms with van der Waals surface area (Å²) >= 11 is 5.98. The number of aryl methyl sites for hydroxylation is 1. The lowest BCUT2D eigenvalue weighted by atomic mass is 10.2. The molecule has 122 valence electrons. The predicted molar refractivity (Wildman–Crippen MR) is 91.4 cm³/mol. The Morgan fingerprint density at radius 3 is 2.43 bits per heavy atom. The zero-order valence-electron chi connectivity index (χ0n) is 12.8. The van der Waals surface area contributed by atoms with Crippen LogP contribution in [0.1, 0.15) is 5.56 Å². The fourth-order valence-electron chi connectivity index (χ4n) is 2.63. The van der Waals surface area contributed by atoms with Crippen molar-refractivity contribution in [1.29, 1.82) is 0 Å². The number of hydrogen-bond donors (Lipinski definition) is 0. The number of pyridine rings is 1. The average molecular weight is 352 g/mol. The largest absolute Gasteiger partial charge is 0.354 e. The standard InChI is InChI=1S/C16H18ClN3O2S/c1-13-12-14(5-6-15(13)17)23(21,22)20-10-8-19(9-11-20)16-4-2-3-7-18-16/h2-7,12H,8-11H2,1H3. The summed E-state index contributed by atoms with van der Waals surface area (Å²) in [4.78, 5) is 6.71. The Balaban J connectivity index is 1.75. The van der Waals surface area contributed by atoms with Gasteiger partial charge in [0.05, 0.1) is 4.90 Å². The molecule has 23 heavy (non-hydrogen) atoms. The van der Waals surface area contributed by atoms with Crippen LogP contribution >= 0.6 is 11.6 Å². The number of aromatic nitrogens is 1. The summed E-state index contributed by atoms with van der Waals surface area (Å²) in [6, 6.07) is 10.6. The summed E-state index contributed by atoms with van der Waals surface area (Å²) in [7, 11) is -3.48. The van der Waals surface area contributed by atoms with Gasteiger partial charge in [-0.05, 0) is 42.8 Å². The van der Waals surface area contributed by atoms with Gasteiger partial charge in [0.2, 0.25) is 10.0 Å². The molecule has 3 rings (SSSR count). The molecule has 5 nitrogen and oxygen atoms in total. The molecule has 1 saturated heterocycles. The molecule has 0 spiro atoms. The van der Waals surface area contributed by atoms with Crippen molar-refractivity contribution < 1.29 is 8.42 Å². The van der Waals surface area contributed by atoms with E-state index in [0.717, 1.165) is 11.4 Å². The first kappa shape index (κ1) is 16.2. The SMILES string of the molecule is Cc1cc(S(=O)(=O)N2CCN(c3ccccn3)CC2)ccc1Cl. The van der Waals surface area contributed by atoms with Crippen LogP contribution in [0.3, 0.4) is 0 Å². The first-order valence-electron chi connectivity index (χ1n) is 7.41. The molecular formula is C16H18ClN3O2S. The summed E-state index contributed by atoms with van der Waals surface area (Å²) in [6.45, 7) is 3.95. The van der Waals surface area contributed by atoms with E-state index in [1.165, 1.54) is 4.31 Å². The molecular weight excluding hydrogens is 334 g/mol. The molecule has 1 aromatic carbocycles. The summed E-state index contributed by atoms with van der Waals surface area (Å²) in [5.74, 6) is 0.881. The minimum atomic E-state index is -3.48. The predicted octanol–water partition coefficient (Wildman–Crippen LogP) is 2.55. The van der Waals surface area contributed by atoms with E-state index in [9.17, 15) is 8.42 Å². The fourth-order valence-corrected chi connectivity index (χ4v) is 4.25. The number of benzene rings is 1. The number of nitrogens with zero attached hydrogens (tertiary/aromatic N) is 3. The molecule has 0 amide bonds. The van der Waals surface area contributed by atoms with Gasteiger partial charge >= 0.3 is 0 Å². The molecule has 0 unspecified atom stereocenters. The number of rotatable bonds is 3. The summed E-state index contributed by atoms with van der Waals surface area (Å²) in [5, 5.41) is 0.573. The Labute approximate surface area is 141 Å². The van der Waals surface area contributed by atoms with E-state index in [-0.39, 0.29) is 0 Å². The number of sulfonamides is 1. The van der Waals surface area contributed by atoms with Crippen LogP contribution in [0.5, 0.6) is 0 Å². The van der Waals surface area contributed by atoms with Crippen LogP contribution in [0.2, 0.25) is 5.02 Å². The van der Waals surface area contributed by atoms with Crippen LogP contribution in [0.15, 0.2) is 47.5 Å². The number of halogens is 1. The first-order valence-corrected chi connectivity index (χ1v) is 9.22. The zero-order chi connectivity index (χ0) is 16.4. The molecule has 1 aliphatic heterocycles. The molecule has 2 aromatic rings. The lowest BCUT2D eigenvalue weighted by Crippen LogP contribution is -2.48. The Kier molecular flexibility index (Phi) is 4.57. The second kappa shape index (κ2) is 6.47. The van der Waals surface area contributed by atoms with E-state index in [1.807, 2.05) is 18.2 Å². The second-order valence-corrected chi connectivity index (χ2v) is 7.84. The maximum Gasteiger partial charge on any atom is 0.243 e. The van der Waals surface area contributed by atoms with Crippen molar-refractivity contribution in [3.8, 4) is 0 Å². The first-order chi connectivity index (χ1) is 11.0. The lowest BCUT2D eigenvalue weighted by molar-refractivity contribution is 0.384. The van der Waals surface area contributed by atoms with E-state index in [4.69, 9.17) is 11.6 Å². The van der Waals surface area contributed by atoms with Crippen molar-refractivity contribution in [2.75, 3.05) is 31.1 Å². The van der Waals surface area contributed by atoms with E-state index in [0.29, 0.717) is 36.1 Å². The molecule has 0 bridgehead atoms. The molecule has 1 aliphatic rings. The highest BCUT2D eigenvalue weighted by Gasteiger charge is 2.29. The molecule has 0 atom stereocenters. The molecule has 0 N–H and O–H groups in total. The van der Waals surface area contributed by atoms with Gasteiger partial charge in [0, 0.05) is 37.4 Å². The third kappa shape index (κ3) is 3.34. The van der Waals surface area contributed by atoms with Crippen molar-refractivity contribution in [3.63, 3.8) is 0 Å². The average Bonchev–Trinajstić information content (AvgIpc) is 2.58. The monoisotopic (exact) mass is 351 g/mol. The lowest BCUT2D eigenvalue weighted by Gasteiger charge is -2.34. The van der Waals surface area contributed by atoms with Crippen LogP contribution < -0.4 is 4.90 Å². The molecule has 0 saturated carbocycles. The Morgan fingerprint density at radius 2 is 1.83 bits per heavy atom. The number of piperazine rings is 1. The van der Waals surface area contributed by atoms with E-state index < -0.39 is 10.0 Å². The second-order valence-electron chi connectivity index (χ2n) is 5.49. The Bertz CT molecular complexity index is 788. The number of anilines is 1. The topological polar surface area (TPSA) is 53.5 Å². The minimum absolute atomic E-state index is 0.297. The molecule has 1 fully saturated rings. The van der Waals surface area contributed by atoms with Crippen molar-refractivity contribution in [2.45, 2.75) is 11.8 Å². The third-order valence-corrected chi connectivity index (χ3v) is 6.30. The smallest absolute Gasteiger partial charge is 0.243 e.